The Balaban J connectivity index is 2.16. The zero-order chi connectivity index (χ0) is 12.5. The predicted octanol–water partition coefficient (Wildman–Crippen LogP) is 4.02. The van der Waals surface area contributed by atoms with Crippen LogP contribution in [0.1, 0.15) is 0 Å². The van der Waals surface area contributed by atoms with Crippen molar-refractivity contribution >= 4 is 33.2 Å². The van der Waals surface area contributed by atoms with Crippen LogP contribution in [0.25, 0.3) is 20.7 Å². The number of benzene rings is 1. The molecule has 5 heteroatoms. The Hall–Kier alpha value is -1.65. The number of thiophene rings is 1. The minimum Gasteiger partial charge on any atom is -0.497 e. The summed E-state index contributed by atoms with van der Waals surface area (Å²) in [6, 6.07) is 9.93. The van der Waals surface area contributed by atoms with Crippen LogP contribution in [-0.4, -0.2) is 17.1 Å². The molecule has 0 fully saturated rings. The first-order valence-electron chi connectivity index (χ1n) is 5.32. The highest BCUT2D eigenvalue weighted by molar-refractivity contribution is 7.22. The standard InChI is InChI=1S/C13H9ClN2OS/c1-17-9-4-2-3-8(5-9)11-6-10-12(18-11)13(14)16-7-15-10/h2-7H,1H3. The molecule has 3 rings (SSSR count). The normalized spacial score (nSPS) is 10.8. The molecule has 0 spiro atoms. The third-order valence-corrected chi connectivity index (χ3v) is 4.20. The highest BCUT2D eigenvalue weighted by Crippen LogP contribution is 2.36. The molecule has 0 aliphatic rings. The Kier molecular flexibility index (Phi) is 2.89. The maximum absolute atomic E-state index is 6.05. The molecule has 1 aromatic carbocycles. The molecular formula is C13H9ClN2OS. The lowest BCUT2D eigenvalue weighted by Gasteiger charge is -2.01. The fourth-order valence-corrected chi connectivity index (χ4v) is 2.99. The molecule has 0 radical (unpaired) electrons. The topological polar surface area (TPSA) is 35.0 Å². The van der Waals surface area contributed by atoms with Crippen molar-refractivity contribution in [3.63, 3.8) is 0 Å². The summed E-state index contributed by atoms with van der Waals surface area (Å²) >= 11 is 7.63. The smallest absolute Gasteiger partial charge is 0.150 e. The molecule has 0 N–H and O–H groups in total. The van der Waals surface area contributed by atoms with E-state index in [4.69, 9.17) is 16.3 Å². The fourth-order valence-electron chi connectivity index (χ4n) is 1.74. The van der Waals surface area contributed by atoms with Gasteiger partial charge in [0, 0.05) is 4.88 Å². The first-order valence-corrected chi connectivity index (χ1v) is 6.52. The summed E-state index contributed by atoms with van der Waals surface area (Å²) in [6.07, 6.45) is 1.48. The van der Waals surface area contributed by atoms with Crippen molar-refractivity contribution in [1.29, 1.82) is 0 Å². The van der Waals surface area contributed by atoms with Crippen molar-refractivity contribution in [2.45, 2.75) is 0 Å². The maximum Gasteiger partial charge on any atom is 0.150 e. The Morgan fingerprint density at radius 2 is 2.11 bits per heavy atom. The predicted molar refractivity (Wildman–Crippen MR) is 74.4 cm³/mol. The third-order valence-electron chi connectivity index (χ3n) is 2.62. The number of methoxy groups -OCH3 is 1. The van der Waals surface area contributed by atoms with Gasteiger partial charge in [0.25, 0.3) is 0 Å². The molecule has 0 saturated heterocycles. The zero-order valence-corrected chi connectivity index (χ0v) is 11.1. The quantitative estimate of drug-likeness (QED) is 0.663. The van der Waals surface area contributed by atoms with Gasteiger partial charge in [0.05, 0.1) is 17.3 Å². The van der Waals surface area contributed by atoms with Crippen molar-refractivity contribution in [2.75, 3.05) is 7.11 Å². The van der Waals surface area contributed by atoms with Crippen molar-refractivity contribution in [1.82, 2.24) is 9.97 Å². The number of nitrogens with zero attached hydrogens (tertiary/aromatic N) is 2. The van der Waals surface area contributed by atoms with Gasteiger partial charge in [-0.25, -0.2) is 9.97 Å². The van der Waals surface area contributed by atoms with E-state index in [1.54, 1.807) is 18.4 Å². The fraction of sp³-hybridized carbons (Fsp3) is 0.0769. The first kappa shape index (κ1) is 11.4. The van der Waals surface area contributed by atoms with Gasteiger partial charge >= 0.3 is 0 Å². The van der Waals surface area contributed by atoms with E-state index in [0.717, 1.165) is 26.4 Å². The molecule has 18 heavy (non-hydrogen) atoms. The SMILES string of the molecule is COc1cccc(-c2cc3ncnc(Cl)c3s2)c1. The zero-order valence-electron chi connectivity index (χ0n) is 9.55. The molecule has 0 amide bonds. The van der Waals surface area contributed by atoms with Gasteiger partial charge < -0.3 is 4.74 Å². The van der Waals surface area contributed by atoms with Crippen LogP contribution in [0.4, 0.5) is 0 Å². The Morgan fingerprint density at radius 1 is 1.22 bits per heavy atom. The van der Waals surface area contributed by atoms with Gasteiger partial charge in [-0.05, 0) is 23.8 Å². The Bertz CT molecular complexity index is 711. The number of hydrogen-bond acceptors (Lipinski definition) is 4. The van der Waals surface area contributed by atoms with Gasteiger partial charge in [-0.15, -0.1) is 11.3 Å². The highest BCUT2D eigenvalue weighted by atomic mass is 35.5. The van der Waals surface area contributed by atoms with E-state index in [2.05, 4.69) is 9.97 Å². The molecule has 0 aliphatic heterocycles. The van der Waals surface area contributed by atoms with E-state index in [1.807, 2.05) is 30.3 Å². The van der Waals surface area contributed by atoms with Gasteiger partial charge in [0.2, 0.25) is 0 Å². The number of fused-ring (bicyclic) bond motifs is 1. The summed E-state index contributed by atoms with van der Waals surface area (Å²) in [4.78, 5) is 9.31. The molecule has 0 atom stereocenters. The van der Waals surface area contributed by atoms with Crippen molar-refractivity contribution in [2.24, 2.45) is 0 Å². The summed E-state index contributed by atoms with van der Waals surface area (Å²) < 4.78 is 6.14. The van der Waals surface area contributed by atoms with E-state index >= 15 is 0 Å². The van der Waals surface area contributed by atoms with Crippen LogP contribution in [0.5, 0.6) is 5.75 Å². The summed E-state index contributed by atoms with van der Waals surface area (Å²) in [7, 11) is 1.66. The van der Waals surface area contributed by atoms with Crippen molar-refractivity contribution in [3.8, 4) is 16.2 Å². The van der Waals surface area contributed by atoms with Gasteiger partial charge in [0.1, 0.15) is 17.2 Å². The highest BCUT2D eigenvalue weighted by Gasteiger charge is 2.09. The van der Waals surface area contributed by atoms with E-state index in [-0.39, 0.29) is 0 Å². The largest absolute Gasteiger partial charge is 0.497 e. The second kappa shape index (κ2) is 4.55. The van der Waals surface area contributed by atoms with E-state index < -0.39 is 0 Å². The van der Waals surface area contributed by atoms with Crippen LogP contribution >= 0.6 is 22.9 Å². The van der Waals surface area contributed by atoms with Crippen LogP contribution in [0, 0.1) is 0 Å². The minimum atomic E-state index is 0.499. The van der Waals surface area contributed by atoms with Crippen LogP contribution in [0.15, 0.2) is 36.7 Å². The van der Waals surface area contributed by atoms with Crippen LogP contribution in [-0.2, 0) is 0 Å². The number of halogens is 1. The molecule has 90 valence electrons. The maximum atomic E-state index is 6.05. The number of aromatic nitrogens is 2. The van der Waals surface area contributed by atoms with Gasteiger partial charge in [0.15, 0.2) is 0 Å². The van der Waals surface area contributed by atoms with E-state index in [1.165, 1.54) is 6.33 Å². The number of hydrogen-bond donors (Lipinski definition) is 0. The van der Waals surface area contributed by atoms with Crippen LogP contribution in [0.2, 0.25) is 5.15 Å². The second-order valence-electron chi connectivity index (χ2n) is 3.72. The lowest BCUT2D eigenvalue weighted by molar-refractivity contribution is 0.415. The van der Waals surface area contributed by atoms with Gasteiger partial charge in [-0.2, -0.15) is 0 Å². The summed E-state index contributed by atoms with van der Waals surface area (Å²) in [5, 5.41) is 0.499. The van der Waals surface area contributed by atoms with E-state index in [9.17, 15) is 0 Å². The summed E-state index contributed by atoms with van der Waals surface area (Å²) in [6.45, 7) is 0. The van der Waals surface area contributed by atoms with Crippen molar-refractivity contribution < 1.29 is 4.74 Å². The molecule has 3 aromatic rings. The third kappa shape index (κ3) is 1.94. The van der Waals surface area contributed by atoms with Crippen molar-refractivity contribution in [3.05, 3.63) is 41.8 Å². The average Bonchev–Trinajstić information content (AvgIpc) is 2.84. The lowest BCUT2D eigenvalue weighted by atomic mass is 10.2. The molecule has 0 bridgehead atoms. The molecule has 0 saturated carbocycles. The van der Waals surface area contributed by atoms with Gasteiger partial charge in [-0.3, -0.25) is 0 Å². The van der Waals surface area contributed by atoms with Gasteiger partial charge in [-0.1, -0.05) is 23.7 Å². The summed E-state index contributed by atoms with van der Waals surface area (Å²) in [5.41, 5.74) is 1.96. The average molecular weight is 277 g/mol. The van der Waals surface area contributed by atoms with Crippen LogP contribution in [0.3, 0.4) is 0 Å². The number of rotatable bonds is 2. The Labute approximate surface area is 113 Å². The monoisotopic (exact) mass is 276 g/mol. The second-order valence-corrected chi connectivity index (χ2v) is 5.13. The Morgan fingerprint density at radius 3 is 2.89 bits per heavy atom. The lowest BCUT2D eigenvalue weighted by Crippen LogP contribution is -1.81. The number of ether oxygens (including phenoxy) is 1. The summed E-state index contributed by atoms with van der Waals surface area (Å²) in [5.74, 6) is 0.835. The molecular weight excluding hydrogens is 268 g/mol. The molecule has 0 aliphatic carbocycles. The first-order chi connectivity index (χ1) is 8.78. The molecule has 2 heterocycles. The van der Waals surface area contributed by atoms with Crippen LogP contribution < -0.4 is 4.74 Å². The molecule has 0 unspecified atom stereocenters. The van der Waals surface area contributed by atoms with E-state index in [0.29, 0.717) is 5.15 Å². The minimum absolute atomic E-state index is 0.499. The molecule has 2 aromatic heterocycles. The molecule has 3 nitrogen and oxygen atoms in total.